The maximum absolute atomic E-state index is 3.48. The normalized spacial score (nSPS) is 9.79. The molecule has 2 aromatic rings. The van der Waals surface area contributed by atoms with Crippen molar-refractivity contribution in [1.29, 1.82) is 0 Å². The number of aryl methyl sites for hydroxylation is 2. The zero-order chi connectivity index (χ0) is 10.4. The van der Waals surface area contributed by atoms with Crippen molar-refractivity contribution in [2.24, 2.45) is 0 Å². The Morgan fingerprint density at radius 3 is 2.32 bits per heavy atom. The van der Waals surface area contributed by atoms with Gasteiger partial charge in [0.25, 0.3) is 0 Å². The molecule has 0 atom stereocenters. The third kappa shape index (κ3) is 3.85. The Morgan fingerprint density at radius 2 is 1.63 bits per heavy atom. The van der Waals surface area contributed by atoms with Crippen molar-refractivity contribution in [2.75, 3.05) is 0 Å². The van der Waals surface area contributed by atoms with Crippen LogP contribution in [-0.2, 0) is 32.6 Å². The van der Waals surface area contributed by atoms with Crippen molar-refractivity contribution in [3.05, 3.63) is 58.7 Å². The van der Waals surface area contributed by atoms with E-state index in [1.54, 1.807) is 0 Å². The van der Waals surface area contributed by atoms with E-state index in [4.69, 9.17) is 0 Å². The molecule has 0 aromatic heterocycles. The third-order valence-corrected chi connectivity index (χ3v) is 3.13. The second-order valence-corrected chi connectivity index (χ2v) is 4.32. The number of hydrogen-bond donors (Lipinski definition) is 0. The van der Waals surface area contributed by atoms with E-state index in [9.17, 15) is 0 Å². The van der Waals surface area contributed by atoms with Gasteiger partial charge in [0, 0.05) is 0 Å². The summed E-state index contributed by atoms with van der Waals surface area (Å²) in [6.07, 6.45) is 1.05. The molecule has 4 heteroatoms. The van der Waals surface area contributed by atoms with E-state index in [1.807, 2.05) is 0 Å². The Hall–Kier alpha value is 0.193. The van der Waals surface area contributed by atoms with Gasteiger partial charge in [0.2, 0.25) is 0 Å². The monoisotopic (exact) mass is 388 g/mol. The summed E-state index contributed by atoms with van der Waals surface area (Å²) in [5, 5.41) is 0. The van der Waals surface area contributed by atoms with E-state index in [2.05, 4.69) is 50.2 Å². The minimum atomic E-state index is 0. The summed E-state index contributed by atoms with van der Waals surface area (Å²) in [5.74, 6) is 0. The number of rotatable bonds is 0. The van der Waals surface area contributed by atoms with Gasteiger partial charge in [-0.1, -0.05) is 49.2 Å². The van der Waals surface area contributed by atoms with Gasteiger partial charge in [-0.3, -0.25) is 0 Å². The summed E-state index contributed by atoms with van der Waals surface area (Å²) in [6.45, 7) is 4.32. The molecule has 0 bridgehead atoms. The second-order valence-electron chi connectivity index (χ2n) is 4.32. The first-order valence-corrected chi connectivity index (χ1v) is 5.36. The average Bonchev–Trinajstić information content (AvgIpc) is 2.54. The predicted molar refractivity (Wildman–Crippen MR) is 63.0 cm³/mol. The maximum Gasteiger partial charge on any atom is 4.00 e. The summed E-state index contributed by atoms with van der Waals surface area (Å²) < 4.78 is 0. The molecule has 1 aliphatic rings. The number of benzene rings is 2. The molecule has 0 unspecified atom stereocenters. The molecular formula is C15H13Cl3Zr. The van der Waals surface area contributed by atoms with Crippen LogP contribution in [0.3, 0.4) is 0 Å². The molecule has 19 heavy (non-hydrogen) atoms. The Morgan fingerprint density at radius 1 is 1.00 bits per heavy atom. The molecule has 98 valence electrons. The summed E-state index contributed by atoms with van der Waals surface area (Å²) >= 11 is 0. The maximum atomic E-state index is 3.48. The van der Waals surface area contributed by atoms with Gasteiger partial charge >= 0.3 is 26.2 Å². The van der Waals surface area contributed by atoms with Gasteiger partial charge in [0.05, 0.1) is 0 Å². The standard InChI is InChI=1S/C15H13.3ClH.Zr/c1-10-7-11(2)15-13(8-10)9-12-5-3-4-6-14(12)15;;;;/h3-7H,9H2,1-2H3;3*1H;/q-1;;;;+4/p-3. The Labute approximate surface area is 152 Å². The van der Waals surface area contributed by atoms with Crippen molar-refractivity contribution < 1.29 is 63.4 Å². The molecule has 0 saturated carbocycles. The molecule has 2 aromatic carbocycles. The van der Waals surface area contributed by atoms with Gasteiger partial charge in [0.15, 0.2) is 0 Å². The van der Waals surface area contributed by atoms with E-state index in [-0.39, 0.29) is 63.4 Å². The Balaban J connectivity index is 0. The van der Waals surface area contributed by atoms with Crippen LogP contribution in [0.4, 0.5) is 0 Å². The number of fused-ring (bicyclic) bond motifs is 3. The largest absolute Gasteiger partial charge is 4.00 e. The van der Waals surface area contributed by atoms with Crippen LogP contribution in [0.2, 0.25) is 0 Å². The van der Waals surface area contributed by atoms with Crippen LogP contribution in [0.5, 0.6) is 0 Å². The summed E-state index contributed by atoms with van der Waals surface area (Å²) in [5.41, 5.74) is 8.26. The fourth-order valence-electron chi connectivity index (χ4n) is 2.59. The molecular weight excluding hydrogens is 378 g/mol. The van der Waals surface area contributed by atoms with Gasteiger partial charge in [-0.05, 0) is 6.42 Å². The number of hydrogen-bond acceptors (Lipinski definition) is 0. The average molecular weight is 391 g/mol. The zero-order valence-corrected chi connectivity index (χ0v) is 15.5. The van der Waals surface area contributed by atoms with Gasteiger partial charge in [-0.2, -0.15) is 23.3 Å². The van der Waals surface area contributed by atoms with Crippen LogP contribution in [0.15, 0.2) is 30.3 Å². The molecule has 0 heterocycles. The molecule has 0 nitrogen and oxygen atoms in total. The molecule has 0 fully saturated rings. The topological polar surface area (TPSA) is 0 Å². The summed E-state index contributed by atoms with van der Waals surface area (Å²) in [4.78, 5) is 0. The quantitative estimate of drug-likeness (QED) is 0.336. The van der Waals surface area contributed by atoms with E-state index in [0.29, 0.717) is 0 Å². The van der Waals surface area contributed by atoms with Crippen molar-refractivity contribution in [3.63, 3.8) is 0 Å². The van der Waals surface area contributed by atoms with E-state index in [1.165, 1.54) is 33.4 Å². The van der Waals surface area contributed by atoms with Crippen LogP contribution >= 0.6 is 0 Å². The predicted octanol–water partition coefficient (Wildman–Crippen LogP) is -5.32. The van der Waals surface area contributed by atoms with Gasteiger partial charge in [-0.15, -0.1) is 11.1 Å². The third-order valence-electron chi connectivity index (χ3n) is 3.13. The van der Waals surface area contributed by atoms with E-state index in [0.717, 1.165) is 6.42 Å². The molecule has 0 N–H and O–H groups in total. The molecule has 0 amide bonds. The van der Waals surface area contributed by atoms with E-state index < -0.39 is 0 Å². The molecule has 0 radical (unpaired) electrons. The zero-order valence-electron chi connectivity index (χ0n) is 10.7. The van der Waals surface area contributed by atoms with E-state index >= 15 is 0 Å². The molecule has 0 aliphatic heterocycles. The molecule has 0 spiro atoms. The first-order chi connectivity index (χ1) is 7.25. The van der Waals surface area contributed by atoms with Crippen molar-refractivity contribution in [3.8, 4) is 11.1 Å². The van der Waals surface area contributed by atoms with Crippen LogP contribution in [0, 0.1) is 19.9 Å². The van der Waals surface area contributed by atoms with Crippen molar-refractivity contribution in [1.82, 2.24) is 0 Å². The van der Waals surface area contributed by atoms with Crippen molar-refractivity contribution >= 4 is 0 Å². The Bertz CT molecular complexity index is 553. The van der Waals surface area contributed by atoms with Crippen LogP contribution < -0.4 is 37.2 Å². The van der Waals surface area contributed by atoms with Crippen LogP contribution in [0.25, 0.3) is 11.1 Å². The second kappa shape index (κ2) is 8.47. The molecule has 3 rings (SSSR count). The number of halogens is 3. The van der Waals surface area contributed by atoms with Gasteiger partial charge in [0.1, 0.15) is 0 Å². The van der Waals surface area contributed by atoms with Gasteiger partial charge < -0.3 is 37.2 Å². The first kappa shape index (κ1) is 21.5. The van der Waals surface area contributed by atoms with Gasteiger partial charge in [-0.25, -0.2) is 0 Å². The van der Waals surface area contributed by atoms with Crippen LogP contribution in [0.1, 0.15) is 22.3 Å². The summed E-state index contributed by atoms with van der Waals surface area (Å²) in [7, 11) is 0. The first-order valence-electron chi connectivity index (χ1n) is 5.36. The Kier molecular flexibility index (Phi) is 9.58. The minimum absolute atomic E-state index is 0. The molecule has 0 saturated heterocycles. The van der Waals surface area contributed by atoms with Crippen LogP contribution in [-0.4, -0.2) is 0 Å². The SMILES string of the molecule is Cc1[c-]c2c(c(C)c1)-c1ccccc1C2.[Cl-].[Cl-].[Cl-].[Zr+4]. The van der Waals surface area contributed by atoms with Crippen molar-refractivity contribution in [2.45, 2.75) is 20.3 Å². The minimum Gasteiger partial charge on any atom is -1.00 e. The summed E-state index contributed by atoms with van der Waals surface area (Å²) in [6, 6.07) is 14.4. The fourth-order valence-corrected chi connectivity index (χ4v) is 2.59. The fraction of sp³-hybridized carbons (Fsp3) is 0.200. The molecule has 1 aliphatic carbocycles. The smallest absolute Gasteiger partial charge is 1.00 e.